The van der Waals surface area contributed by atoms with Crippen LogP contribution in [0.15, 0.2) is 24.3 Å². The van der Waals surface area contributed by atoms with Gasteiger partial charge in [-0.1, -0.05) is 31.5 Å². The van der Waals surface area contributed by atoms with Crippen molar-refractivity contribution in [3.05, 3.63) is 29.8 Å². The van der Waals surface area contributed by atoms with Gasteiger partial charge in [0.1, 0.15) is 0 Å². The fourth-order valence-corrected chi connectivity index (χ4v) is 2.55. The maximum Gasteiger partial charge on any atom is 0.322 e. The Morgan fingerprint density at radius 3 is 2.15 bits per heavy atom. The normalized spacial score (nSPS) is 11.2. The number of amides is 2. The number of anilines is 1. The zero-order valence-corrected chi connectivity index (χ0v) is 13.1. The molecule has 0 bridgehead atoms. The predicted molar refractivity (Wildman–Crippen MR) is 84.9 cm³/mol. The van der Waals surface area contributed by atoms with Gasteiger partial charge < -0.3 is 16.0 Å². The van der Waals surface area contributed by atoms with Gasteiger partial charge in [-0.3, -0.25) is 0 Å². The standard InChI is InChI=1S/C16H27N3O/c1-5-16(6-2,12-17)19(7-3)15(20)18-14-10-8-13(4)9-11-14/h8-11H,5-7,12,17H2,1-4H3,(H,18,20). The number of hydrogen-bond acceptors (Lipinski definition) is 2. The Bertz CT molecular complexity index is 416. The van der Waals surface area contributed by atoms with Crippen molar-refractivity contribution in [3.63, 3.8) is 0 Å². The van der Waals surface area contributed by atoms with Crippen LogP contribution in [0.1, 0.15) is 39.2 Å². The number of nitrogens with two attached hydrogens (primary N) is 1. The molecule has 0 radical (unpaired) electrons. The van der Waals surface area contributed by atoms with Crippen LogP contribution >= 0.6 is 0 Å². The van der Waals surface area contributed by atoms with Crippen molar-refractivity contribution in [1.82, 2.24) is 4.90 Å². The minimum absolute atomic E-state index is 0.0782. The molecule has 2 amide bonds. The monoisotopic (exact) mass is 277 g/mol. The van der Waals surface area contributed by atoms with Gasteiger partial charge in [0.25, 0.3) is 0 Å². The predicted octanol–water partition coefficient (Wildman–Crippen LogP) is 3.37. The van der Waals surface area contributed by atoms with Crippen molar-refractivity contribution in [3.8, 4) is 0 Å². The third kappa shape index (κ3) is 3.51. The summed E-state index contributed by atoms with van der Waals surface area (Å²) in [7, 11) is 0. The van der Waals surface area contributed by atoms with Crippen LogP contribution in [0.2, 0.25) is 0 Å². The lowest BCUT2D eigenvalue weighted by Crippen LogP contribution is -2.56. The Labute approximate surface area is 122 Å². The number of nitrogens with zero attached hydrogens (tertiary/aromatic N) is 1. The molecule has 1 rings (SSSR count). The van der Waals surface area contributed by atoms with Gasteiger partial charge in [0, 0.05) is 18.8 Å². The summed E-state index contributed by atoms with van der Waals surface area (Å²) in [5.74, 6) is 0. The van der Waals surface area contributed by atoms with Crippen LogP contribution < -0.4 is 11.1 Å². The molecule has 20 heavy (non-hydrogen) atoms. The van der Waals surface area contributed by atoms with Gasteiger partial charge in [-0.05, 0) is 38.8 Å². The number of likely N-dealkylation sites (N-methyl/N-ethyl adjacent to an activating group) is 1. The molecule has 0 aromatic heterocycles. The van der Waals surface area contributed by atoms with Gasteiger partial charge in [0.05, 0.1) is 5.54 Å². The van der Waals surface area contributed by atoms with E-state index in [1.165, 1.54) is 5.56 Å². The molecule has 0 aliphatic heterocycles. The van der Waals surface area contributed by atoms with Crippen LogP contribution in [0.5, 0.6) is 0 Å². The lowest BCUT2D eigenvalue weighted by Gasteiger charge is -2.41. The number of carbonyl (C=O) groups is 1. The zero-order valence-electron chi connectivity index (χ0n) is 13.1. The maximum atomic E-state index is 12.5. The van der Waals surface area contributed by atoms with Gasteiger partial charge in [-0.2, -0.15) is 0 Å². The number of benzene rings is 1. The average Bonchev–Trinajstić information content (AvgIpc) is 2.47. The molecule has 4 heteroatoms. The van der Waals surface area contributed by atoms with E-state index in [0.717, 1.165) is 18.5 Å². The van der Waals surface area contributed by atoms with E-state index in [9.17, 15) is 4.79 Å². The summed E-state index contributed by atoms with van der Waals surface area (Å²) in [6, 6.07) is 7.74. The van der Waals surface area contributed by atoms with E-state index >= 15 is 0 Å². The summed E-state index contributed by atoms with van der Waals surface area (Å²) < 4.78 is 0. The minimum Gasteiger partial charge on any atom is -0.328 e. The molecule has 0 saturated carbocycles. The quantitative estimate of drug-likeness (QED) is 0.837. The SMILES string of the molecule is CCN(C(=O)Nc1ccc(C)cc1)C(CC)(CC)CN. The van der Waals surface area contributed by atoms with E-state index in [2.05, 4.69) is 19.2 Å². The summed E-state index contributed by atoms with van der Waals surface area (Å²) in [6.07, 6.45) is 1.71. The molecule has 112 valence electrons. The van der Waals surface area contributed by atoms with Crippen LogP contribution in [-0.2, 0) is 0 Å². The molecule has 0 heterocycles. The van der Waals surface area contributed by atoms with E-state index in [1.54, 1.807) is 0 Å². The minimum atomic E-state index is -0.260. The van der Waals surface area contributed by atoms with Crippen LogP contribution in [0.3, 0.4) is 0 Å². The summed E-state index contributed by atoms with van der Waals surface area (Å²) >= 11 is 0. The van der Waals surface area contributed by atoms with E-state index in [4.69, 9.17) is 5.73 Å². The Balaban J connectivity index is 2.89. The Hall–Kier alpha value is -1.55. The lowest BCUT2D eigenvalue weighted by molar-refractivity contribution is 0.122. The third-order valence-electron chi connectivity index (χ3n) is 4.13. The lowest BCUT2D eigenvalue weighted by atomic mass is 9.91. The van der Waals surface area contributed by atoms with Crippen molar-refractivity contribution >= 4 is 11.7 Å². The first-order valence-corrected chi connectivity index (χ1v) is 7.38. The van der Waals surface area contributed by atoms with Crippen LogP contribution in [0, 0.1) is 6.92 Å². The fourth-order valence-electron chi connectivity index (χ4n) is 2.55. The van der Waals surface area contributed by atoms with Crippen molar-refractivity contribution in [2.24, 2.45) is 5.73 Å². The second-order valence-corrected chi connectivity index (χ2v) is 5.18. The van der Waals surface area contributed by atoms with Crippen LogP contribution in [0.4, 0.5) is 10.5 Å². The van der Waals surface area contributed by atoms with E-state index in [0.29, 0.717) is 13.1 Å². The molecule has 4 nitrogen and oxygen atoms in total. The Morgan fingerprint density at radius 1 is 1.20 bits per heavy atom. The largest absolute Gasteiger partial charge is 0.328 e. The molecular weight excluding hydrogens is 250 g/mol. The summed E-state index contributed by atoms with van der Waals surface area (Å²) in [4.78, 5) is 14.4. The molecule has 3 N–H and O–H groups in total. The zero-order chi connectivity index (χ0) is 15.2. The Morgan fingerprint density at radius 2 is 1.75 bits per heavy atom. The van der Waals surface area contributed by atoms with Crippen molar-refractivity contribution in [1.29, 1.82) is 0 Å². The first-order valence-electron chi connectivity index (χ1n) is 7.38. The van der Waals surface area contributed by atoms with Gasteiger partial charge in [0.15, 0.2) is 0 Å². The highest BCUT2D eigenvalue weighted by atomic mass is 16.2. The van der Waals surface area contributed by atoms with Crippen molar-refractivity contribution in [2.45, 2.75) is 46.1 Å². The number of aryl methyl sites for hydroxylation is 1. The van der Waals surface area contributed by atoms with Gasteiger partial charge in [-0.15, -0.1) is 0 Å². The number of urea groups is 1. The highest BCUT2D eigenvalue weighted by Crippen LogP contribution is 2.24. The van der Waals surface area contributed by atoms with E-state index < -0.39 is 0 Å². The summed E-state index contributed by atoms with van der Waals surface area (Å²) in [5.41, 5.74) is 7.67. The number of hydrogen-bond donors (Lipinski definition) is 2. The van der Waals surface area contributed by atoms with Crippen LogP contribution in [-0.4, -0.2) is 29.6 Å². The second kappa shape index (κ2) is 7.29. The molecular formula is C16H27N3O. The highest BCUT2D eigenvalue weighted by molar-refractivity contribution is 5.89. The van der Waals surface area contributed by atoms with Crippen molar-refractivity contribution < 1.29 is 4.79 Å². The first kappa shape index (κ1) is 16.5. The maximum absolute atomic E-state index is 12.5. The molecule has 0 saturated heterocycles. The molecule has 1 aromatic carbocycles. The molecule has 0 spiro atoms. The second-order valence-electron chi connectivity index (χ2n) is 5.18. The molecule has 0 fully saturated rings. The molecule has 0 aliphatic carbocycles. The molecule has 0 atom stereocenters. The van der Waals surface area contributed by atoms with Gasteiger partial charge in [-0.25, -0.2) is 4.79 Å². The number of rotatable bonds is 6. The van der Waals surface area contributed by atoms with Gasteiger partial charge in [0.2, 0.25) is 0 Å². The molecule has 0 unspecified atom stereocenters. The number of carbonyl (C=O) groups excluding carboxylic acids is 1. The van der Waals surface area contributed by atoms with Gasteiger partial charge >= 0.3 is 6.03 Å². The van der Waals surface area contributed by atoms with E-state index in [1.807, 2.05) is 43.0 Å². The smallest absolute Gasteiger partial charge is 0.322 e. The first-order chi connectivity index (χ1) is 9.52. The fraction of sp³-hybridized carbons (Fsp3) is 0.562. The average molecular weight is 277 g/mol. The Kier molecular flexibility index (Phi) is 6.02. The molecule has 1 aromatic rings. The van der Waals surface area contributed by atoms with E-state index in [-0.39, 0.29) is 11.6 Å². The third-order valence-corrected chi connectivity index (χ3v) is 4.13. The van der Waals surface area contributed by atoms with Crippen molar-refractivity contribution in [2.75, 3.05) is 18.4 Å². The molecule has 0 aliphatic rings. The highest BCUT2D eigenvalue weighted by Gasteiger charge is 2.34. The number of nitrogens with one attached hydrogen (secondary N) is 1. The summed E-state index contributed by atoms with van der Waals surface area (Å²) in [5, 5.41) is 2.96. The van der Waals surface area contributed by atoms with Crippen LogP contribution in [0.25, 0.3) is 0 Å². The summed E-state index contributed by atoms with van der Waals surface area (Å²) in [6.45, 7) is 9.31. The topological polar surface area (TPSA) is 58.4 Å².